The first kappa shape index (κ1) is 125. The van der Waals surface area contributed by atoms with Crippen molar-refractivity contribution in [3.8, 4) is 45.4 Å². The monoisotopic (exact) mass is 2210 g/mol. The molecule has 5 saturated heterocycles. The Hall–Kier alpha value is -9.68. The fourth-order valence-electron chi connectivity index (χ4n) is 19.1. The first-order chi connectivity index (χ1) is 65.5. The van der Waals surface area contributed by atoms with Crippen LogP contribution in [0.1, 0.15) is 247 Å². The maximum Gasteiger partial charge on any atom is 0.416 e. The van der Waals surface area contributed by atoms with Gasteiger partial charge in [0.05, 0.1) is 35.8 Å². The molecule has 40 nitrogen and oxygen atoms in total. The average Bonchev–Trinajstić information content (AvgIpc) is 1.59. The smallest absolute Gasteiger partial charge is 0.416 e. The Morgan fingerprint density at radius 3 is 1.29 bits per heavy atom. The molecule has 52 heteroatoms. The molecule has 808 valence electrons. The van der Waals surface area contributed by atoms with E-state index in [1.807, 2.05) is 41.8 Å². The molecule has 10 N–H and O–H groups in total. The van der Waals surface area contributed by atoms with Gasteiger partial charge in [-0.1, -0.05) is 132 Å². The van der Waals surface area contributed by atoms with Crippen LogP contribution in [0.3, 0.4) is 0 Å². The van der Waals surface area contributed by atoms with E-state index in [9.17, 15) is 86.3 Å². The van der Waals surface area contributed by atoms with Crippen LogP contribution in [-0.4, -0.2) is 262 Å². The Bertz CT molecular complexity index is 5570. The van der Waals surface area contributed by atoms with Crippen LogP contribution in [0.2, 0.25) is 0 Å². The SMILES string of the molecule is CC(C)(C)OC(=O)N[C@@H]1CCCCC/C=C\[C@@H]2C[C@]2(C(=O)O)NC(=O)[C@@H]2C[C@H](n3nnc(-c4ccccn4)n3)CN2C1=O.CC(C)(C)OC(=O)N[C@@H]1CCCCCCC[C@@H]2C[C@]2(C(=O)O)NC(=O)[C@@H]2CC(n3nnc(-c4ccc(C(F)(F)F)cc4)n3)CN2C1=O.CC(C)(C)OC(=O)N[C@@H]1CCCCCCC[C@@H]2C[C@]2(C(=O)O)NC(=O)[C@@H]2C[C@H](n3nnc(-c4ccc(-c5ccsc5)cc4)n3)CN2[C@@H]1O.S.S.S.S.S.S.S.S. The van der Waals surface area contributed by atoms with Gasteiger partial charge in [0, 0.05) is 55.7 Å². The number of aliphatic carboxylic acids is 3. The van der Waals surface area contributed by atoms with Gasteiger partial charge in [-0.3, -0.25) is 33.9 Å². The maximum absolute atomic E-state index is 14.1. The number of hydrogen-bond acceptors (Lipinski definition) is 27. The normalized spacial score (nSPS) is 26.8. The van der Waals surface area contributed by atoms with Crippen molar-refractivity contribution in [2.24, 2.45) is 17.8 Å². The number of fused-ring (bicyclic) bond motifs is 6. The summed E-state index contributed by atoms with van der Waals surface area (Å²) < 4.78 is 55.5. The van der Waals surface area contributed by atoms with Gasteiger partial charge in [-0.25, -0.2) is 28.8 Å². The minimum Gasteiger partial charge on any atom is -0.479 e. The number of alkyl halides is 3. The van der Waals surface area contributed by atoms with Gasteiger partial charge < -0.3 is 76.3 Å². The first-order valence-corrected chi connectivity index (χ1v) is 48.4. The quantitative estimate of drug-likeness (QED) is 0.0379. The molecule has 9 aliphatic rings. The highest BCUT2D eigenvalue weighted by atomic mass is 32.1. The summed E-state index contributed by atoms with van der Waals surface area (Å²) in [5, 5.41) is 101. The van der Waals surface area contributed by atoms with E-state index in [2.05, 4.69) is 94.6 Å². The second kappa shape index (κ2) is 53.2. The number of carboxylic acids is 3. The van der Waals surface area contributed by atoms with Crippen molar-refractivity contribution < 1.29 is 101 Å². The fraction of sp³-hybridized carbons (Fsp3) is 0.606. The van der Waals surface area contributed by atoms with Gasteiger partial charge in [-0.05, 0) is 213 Å². The summed E-state index contributed by atoms with van der Waals surface area (Å²) in [6, 6.07) is 12.2. The molecular formula is C94H139F3N22O18S9. The minimum atomic E-state index is -4.51. The lowest BCUT2D eigenvalue weighted by Crippen LogP contribution is -2.58. The van der Waals surface area contributed by atoms with Crippen molar-refractivity contribution in [2.45, 2.75) is 323 Å². The van der Waals surface area contributed by atoms with Gasteiger partial charge in [-0.15, -0.1) is 30.6 Å². The Kier molecular flexibility index (Phi) is 45.5. The van der Waals surface area contributed by atoms with Crippen LogP contribution in [0, 0.1) is 17.8 Å². The first-order valence-electron chi connectivity index (χ1n) is 47.4. The Morgan fingerprint density at radius 2 is 0.849 bits per heavy atom. The molecule has 8 fully saturated rings. The molecular weight excluding hydrogens is 2070 g/mol. The van der Waals surface area contributed by atoms with Gasteiger partial charge in [0.15, 0.2) is 0 Å². The van der Waals surface area contributed by atoms with E-state index >= 15 is 0 Å². The maximum atomic E-state index is 14.1. The third-order valence-corrected chi connectivity index (χ3v) is 27.3. The molecule has 0 radical (unpaired) electrons. The van der Waals surface area contributed by atoms with Crippen molar-refractivity contribution in [2.75, 3.05) is 19.6 Å². The van der Waals surface area contributed by atoms with Gasteiger partial charge >= 0.3 is 42.4 Å². The molecule has 146 heavy (non-hydrogen) atoms. The van der Waals surface area contributed by atoms with Gasteiger partial charge in [0.1, 0.15) is 69.5 Å². The van der Waals surface area contributed by atoms with Crippen molar-refractivity contribution in [1.29, 1.82) is 0 Å². The summed E-state index contributed by atoms with van der Waals surface area (Å²) in [4.78, 5) is 158. The van der Waals surface area contributed by atoms with Crippen LogP contribution < -0.4 is 31.9 Å². The van der Waals surface area contributed by atoms with Crippen molar-refractivity contribution in [3.63, 3.8) is 0 Å². The lowest BCUT2D eigenvalue weighted by atomic mass is 10.0. The van der Waals surface area contributed by atoms with Crippen LogP contribution in [0.5, 0.6) is 0 Å². The van der Waals surface area contributed by atoms with Crippen LogP contribution >= 0.6 is 119 Å². The number of benzene rings is 2. The highest BCUT2D eigenvalue weighted by molar-refractivity contribution is 7.60. The summed E-state index contributed by atoms with van der Waals surface area (Å²) in [5.41, 5.74) is -3.48. The van der Waals surface area contributed by atoms with E-state index in [0.717, 1.165) is 112 Å². The molecule has 16 atom stereocenters. The molecule has 6 aliphatic heterocycles. The number of amides is 8. The second-order valence-electron chi connectivity index (χ2n) is 40.3. The number of tetrazole rings is 3. The van der Waals surface area contributed by atoms with E-state index in [4.69, 9.17) is 14.2 Å². The van der Waals surface area contributed by atoms with Crippen LogP contribution in [0.4, 0.5) is 27.6 Å². The summed E-state index contributed by atoms with van der Waals surface area (Å²) >= 11 is 1.63. The zero-order valence-corrected chi connectivity index (χ0v) is 91.6. The van der Waals surface area contributed by atoms with E-state index in [1.54, 1.807) is 103 Å². The number of rotatable bonds is 13. The lowest BCUT2D eigenvalue weighted by Gasteiger charge is -2.35. The molecule has 3 saturated carbocycles. The number of halogens is 3. The van der Waals surface area contributed by atoms with Crippen LogP contribution in [-0.2, 0) is 58.7 Å². The van der Waals surface area contributed by atoms with Crippen LogP contribution in [0.25, 0.3) is 45.4 Å². The largest absolute Gasteiger partial charge is 0.479 e. The van der Waals surface area contributed by atoms with E-state index in [1.165, 1.54) is 36.3 Å². The highest BCUT2D eigenvalue weighted by Gasteiger charge is 2.65. The standard InChI is InChI=1S/C34H45N7O6S.C31H40F3N7O6.C29H38N8O6.8H2S/c1-33(2,3)47-32(46)35-26-10-8-6-4-5-7-9-24-18-34(24,31(44)45)36-29(42)27-17-25(19-40(27)30(26)43)41-38-28(37-39-41)22-13-11-21(12-14-22)23-15-16-48-20-23;1-29(2,3)47-28(46)35-22-10-8-6-4-5-7-9-20-16-30(20,27(44)45)36-25(42)23-15-21(17-40(23)26(22)43)41-38-24(37-39-41)18-11-13-19(14-12-18)31(32,33)34;1-28(2,3)43-27(42)31-21-13-8-6-4-5-7-11-18-16-29(18,26(40)41)32-24(38)22-15-19(17-36(22)25(21)39)37-34-23(33-35-37)20-12-9-10-14-30-20;;;;;;;;/h11-16,20,24-27,30,43H,4-10,17-19H2,1-3H3,(H,35,46)(H,36,42)(H,44,45);11-14,20-23H,4-10,15-17H2,1-3H3,(H,35,46)(H,36,42)(H,44,45);7,9-12,14,18-19,21-22H,4-6,8,13,15-17H2,1-3H3,(H,31,42)(H,32,38)(H,40,41);8*1H2/b;;11-7-;;;;;;;;/t24-,25+,26-,27+,30-,34+;20-,21?,22-,23+,30+;18-,19+,21-,22+,29+;;;;;;;;/m111......../s1. The molecule has 16 rings (SSSR count). The van der Waals surface area contributed by atoms with Gasteiger partial charge in [0.2, 0.25) is 47.0 Å². The molecule has 3 aliphatic carbocycles. The molecule has 11 heterocycles. The molecule has 0 bridgehead atoms. The summed E-state index contributed by atoms with van der Waals surface area (Å²) in [6.45, 7) is 15.8. The Labute approximate surface area is 904 Å². The summed E-state index contributed by atoms with van der Waals surface area (Å²) in [5.74, 6) is -5.88. The topological polar surface area (TPSA) is 522 Å². The number of allylic oxidation sites excluding steroid dienone is 1. The van der Waals surface area contributed by atoms with Crippen LogP contribution in [0.15, 0.2) is 102 Å². The van der Waals surface area contributed by atoms with Crippen molar-refractivity contribution >= 4 is 185 Å². The second-order valence-corrected chi connectivity index (χ2v) is 41.1. The number of aromatic nitrogens is 13. The number of aliphatic hydroxyl groups is 1. The van der Waals surface area contributed by atoms with E-state index in [-0.39, 0.29) is 182 Å². The summed E-state index contributed by atoms with van der Waals surface area (Å²) in [7, 11) is 0. The number of hydrogen-bond donors (Lipinski definition) is 10. The molecule has 8 amide bonds. The third kappa shape index (κ3) is 31.5. The number of carbonyl (C=O) groups excluding carboxylic acids is 8. The molecule has 7 aromatic rings. The highest BCUT2D eigenvalue weighted by Crippen LogP contribution is 2.51. The lowest BCUT2D eigenvalue weighted by molar-refractivity contribution is -0.146. The number of nitrogens with one attached hydrogen (secondary N) is 6. The number of carbonyl (C=O) groups is 11. The minimum absolute atomic E-state index is 0. The number of pyridine rings is 1. The zero-order chi connectivity index (χ0) is 99.0. The number of carboxylic acid groups (broad SMARTS) is 3. The number of alkyl carbamates (subject to hydrolysis) is 3. The molecule has 5 aromatic heterocycles. The number of aliphatic hydroxyl groups excluding tert-OH is 1. The van der Waals surface area contributed by atoms with Gasteiger partial charge in [-0.2, -0.15) is 147 Å². The zero-order valence-electron chi connectivity index (χ0n) is 82.8. The molecule has 1 unspecified atom stereocenters. The van der Waals surface area contributed by atoms with Gasteiger partial charge in [0.25, 0.3) is 0 Å². The van der Waals surface area contributed by atoms with Crippen molar-refractivity contribution in [3.05, 3.63) is 107 Å². The average molecular weight is 2210 g/mol. The van der Waals surface area contributed by atoms with Crippen molar-refractivity contribution in [1.82, 2.24) is 112 Å². The predicted octanol–water partition coefficient (Wildman–Crippen LogP) is 11.9. The van der Waals surface area contributed by atoms with E-state index < -0.39 is 171 Å². The summed E-state index contributed by atoms with van der Waals surface area (Å²) in [6.07, 6.45) is 12.8. The molecule has 2 aromatic carbocycles. The number of ether oxygens (including phenoxy) is 3. The Morgan fingerprint density at radius 1 is 0.452 bits per heavy atom. The number of thiophene rings is 1. The fourth-order valence-corrected chi connectivity index (χ4v) is 19.8. The molecule has 0 spiro atoms. The predicted molar refractivity (Wildman–Crippen MR) is 574 cm³/mol. The van der Waals surface area contributed by atoms with E-state index in [0.29, 0.717) is 68.7 Å². The Balaban J connectivity index is 0.000000326. The third-order valence-electron chi connectivity index (χ3n) is 26.6. The number of nitrogens with zero attached hydrogens (tertiary/aromatic N) is 16.